The second-order valence-corrected chi connectivity index (χ2v) is 9.68. The third-order valence-electron chi connectivity index (χ3n) is 7.17. The Hall–Kier alpha value is -3.94. The lowest BCUT2D eigenvalue weighted by Gasteiger charge is -2.20. The summed E-state index contributed by atoms with van der Waals surface area (Å²) >= 11 is 0. The van der Waals surface area contributed by atoms with Gasteiger partial charge >= 0.3 is 6.03 Å². The molecular weight excluding hydrogens is 454 g/mol. The van der Waals surface area contributed by atoms with Gasteiger partial charge in [0.05, 0.1) is 11.4 Å². The SMILES string of the molecule is CN(Cc1cn(-c2ccccc2)nc1-c1ccccc1)C(=O)CCCN1C(=O)NC2(CCCC2)C1=O. The molecule has 36 heavy (non-hydrogen) atoms. The third kappa shape index (κ3) is 4.63. The molecule has 4 amide bonds. The Bertz CT molecular complexity index is 1250. The van der Waals surface area contributed by atoms with E-state index < -0.39 is 5.54 Å². The zero-order valence-corrected chi connectivity index (χ0v) is 20.5. The van der Waals surface area contributed by atoms with E-state index in [2.05, 4.69) is 5.32 Å². The summed E-state index contributed by atoms with van der Waals surface area (Å²) in [4.78, 5) is 41.1. The number of urea groups is 1. The molecule has 2 fully saturated rings. The Morgan fingerprint density at radius 1 is 1.03 bits per heavy atom. The number of carbonyl (C=O) groups excluding carboxylic acids is 3. The molecule has 0 atom stereocenters. The monoisotopic (exact) mass is 485 g/mol. The van der Waals surface area contributed by atoms with Gasteiger partial charge in [-0.05, 0) is 31.4 Å². The molecule has 0 radical (unpaired) electrons. The van der Waals surface area contributed by atoms with Crippen LogP contribution in [0.4, 0.5) is 4.79 Å². The predicted molar refractivity (Wildman–Crippen MR) is 136 cm³/mol. The maximum absolute atomic E-state index is 13.0. The summed E-state index contributed by atoms with van der Waals surface area (Å²) in [5.74, 6) is -0.171. The quantitative estimate of drug-likeness (QED) is 0.486. The first-order valence-corrected chi connectivity index (χ1v) is 12.5. The average Bonchev–Trinajstić information content (AvgIpc) is 3.60. The Kier molecular flexibility index (Phi) is 6.59. The molecule has 1 N–H and O–H groups in total. The standard InChI is InChI=1S/C28H31N5O3/c1-31(24(34)15-10-18-32-26(35)28(29-27(32)36)16-8-9-17-28)19-22-20-33(23-13-6-3-7-14-23)30-25(22)21-11-4-2-5-12-21/h2-7,11-14,20H,8-10,15-19H2,1H3,(H,29,36). The van der Waals surface area contributed by atoms with Crippen molar-refractivity contribution in [1.82, 2.24) is 24.9 Å². The van der Waals surface area contributed by atoms with Crippen LogP contribution in [0.25, 0.3) is 16.9 Å². The summed E-state index contributed by atoms with van der Waals surface area (Å²) in [5.41, 5.74) is 3.01. The van der Waals surface area contributed by atoms with Crippen LogP contribution in [0, 0.1) is 0 Å². The molecule has 1 saturated heterocycles. The maximum Gasteiger partial charge on any atom is 0.325 e. The van der Waals surface area contributed by atoms with Gasteiger partial charge in [0.25, 0.3) is 5.91 Å². The van der Waals surface area contributed by atoms with Gasteiger partial charge in [0.2, 0.25) is 5.91 Å². The van der Waals surface area contributed by atoms with Crippen LogP contribution in [-0.2, 0) is 16.1 Å². The van der Waals surface area contributed by atoms with Crippen LogP contribution < -0.4 is 5.32 Å². The van der Waals surface area contributed by atoms with Crippen molar-refractivity contribution in [2.45, 2.75) is 50.6 Å². The highest BCUT2D eigenvalue weighted by Gasteiger charge is 2.52. The summed E-state index contributed by atoms with van der Waals surface area (Å²) in [5, 5.41) is 7.71. The molecular formula is C28H31N5O3. The highest BCUT2D eigenvalue weighted by molar-refractivity contribution is 6.07. The van der Waals surface area contributed by atoms with Gasteiger partial charge in [-0.3, -0.25) is 14.5 Å². The van der Waals surface area contributed by atoms with Crippen LogP contribution in [0.5, 0.6) is 0 Å². The highest BCUT2D eigenvalue weighted by Crippen LogP contribution is 2.35. The van der Waals surface area contributed by atoms with Crippen molar-refractivity contribution in [3.8, 4) is 16.9 Å². The minimum Gasteiger partial charge on any atom is -0.341 e. The van der Waals surface area contributed by atoms with Crippen LogP contribution in [0.15, 0.2) is 66.9 Å². The lowest BCUT2D eigenvalue weighted by Crippen LogP contribution is -2.44. The van der Waals surface area contributed by atoms with Gasteiger partial charge in [-0.15, -0.1) is 0 Å². The molecule has 8 nitrogen and oxygen atoms in total. The molecule has 1 aliphatic heterocycles. The van der Waals surface area contributed by atoms with E-state index in [9.17, 15) is 14.4 Å². The van der Waals surface area contributed by atoms with Gasteiger partial charge < -0.3 is 10.2 Å². The first-order chi connectivity index (χ1) is 17.5. The molecule has 0 bridgehead atoms. The maximum atomic E-state index is 13.0. The molecule has 186 valence electrons. The Labute approximate surface area is 210 Å². The van der Waals surface area contributed by atoms with Crippen LogP contribution in [0.2, 0.25) is 0 Å². The Morgan fingerprint density at radius 3 is 2.39 bits per heavy atom. The van der Waals surface area contributed by atoms with Crippen molar-refractivity contribution in [2.75, 3.05) is 13.6 Å². The van der Waals surface area contributed by atoms with E-state index in [-0.39, 0.29) is 30.8 Å². The molecule has 1 aliphatic carbocycles. The van der Waals surface area contributed by atoms with Gasteiger partial charge in [-0.2, -0.15) is 5.10 Å². The number of hydrogen-bond acceptors (Lipinski definition) is 4. The van der Waals surface area contributed by atoms with E-state index in [0.717, 1.165) is 35.3 Å². The lowest BCUT2D eigenvalue weighted by molar-refractivity contribution is -0.133. The number of aromatic nitrogens is 2. The number of carbonyl (C=O) groups is 3. The molecule has 1 spiro atoms. The molecule has 1 saturated carbocycles. The molecule has 2 heterocycles. The number of benzene rings is 2. The Balaban J connectivity index is 1.24. The highest BCUT2D eigenvalue weighted by atomic mass is 16.2. The fourth-order valence-electron chi connectivity index (χ4n) is 5.20. The molecule has 0 unspecified atom stereocenters. The summed E-state index contributed by atoms with van der Waals surface area (Å²) < 4.78 is 1.84. The number of amides is 4. The number of hydrogen-bond donors (Lipinski definition) is 1. The number of nitrogens with zero attached hydrogens (tertiary/aromatic N) is 4. The van der Waals surface area contributed by atoms with Gasteiger partial charge in [0.15, 0.2) is 0 Å². The number of nitrogens with one attached hydrogen (secondary N) is 1. The smallest absolute Gasteiger partial charge is 0.325 e. The number of imide groups is 1. The van der Waals surface area contributed by atoms with Crippen LogP contribution in [0.1, 0.15) is 44.1 Å². The fraction of sp³-hybridized carbons (Fsp3) is 0.357. The molecule has 5 rings (SSSR count). The summed E-state index contributed by atoms with van der Waals surface area (Å²) in [6.07, 6.45) is 5.98. The molecule has 1 aromatic heterocycles. The minimum atomic E-state index is -0.704. The summed E-state index contributed by atoms with van der Waals surface area (Å²) in [6.45, 7) is 0.662. The van der Waals surface area contributed by atoms with E-state index >= 15 is 0 Å². The molecule has 8 heteroatoms. The topological polar surface area (TPSA) is 87.5 Å². The average molecular weight is 486 g/mol. The Morgan fingerprint density at radius 2 is 1.69 bits per heavy atom. The van der Waals surface area contributed by atoms with Gasteiger partial charge in [0, 0.05) is 43.9 Å². The van der Waals surface area contributed by atoms with E-state index in [4.69, 9.17) is 5.10 Å². The summed E-state index contributed by atoms with van der Waals surface area (Å²) in [7, 11) is 1.78. The molecule has 2 aromatic carbocycles. The van der Waals surface area contributed by atoms with Crippen molar-refractivity contribution >= 4 is 17.8 Å². The normalized spacial score (nSPS) is 16.5. The van der Waals surface area contributed by atoms with E-state index in [1.807, 2.05) is 71.5 Å². The van der Waals surface area contributed by atoms with Crippen molar-refractivity contribution in [3.63, 3.8) is 0 Å². The van der Waals surface area contributed by atoms with Gasteiger partial charge in [-0.1, -0.05) is 61.4 Å². The second kappa shape index (κ2) is 9.97. The first-order valence-electron chi connectivity index (χ1n) is 12.5. The van der Waals surface area contributed by atoms with E-state index in [1.54, 1.807) is 11.9 Å². The van der Waals surface area contributed by atoms with Crippen molar-refractivity contribution in [3.05, 3.63) is 72.4 Å². The lowest BCUT2D eigenvalue weighted by atomic mass is 9.98. The van der Waals surface area contributed by atoms with Gasteiger partial charge in [-0.25, -0.2) is 9.48 Å². The second-order valence-electron chi connectivity index (χ2n) is 9.68. The van der Waals surface area contributed by atoms with E-state index in [1.165, 1.54) is 4.90 Å². The predicted octanol–water partition coefficient (Wildman–Crippen LogP) is 4.14. The third-order valence-corrected chi connectivity index (χ3v) is 7.17. The van der Waals surface area contributed by atoms with Crippen molar-refractivity contribution < 1.29 is 14.4 Å². The van der Waals surface area contributed by atoms with Crippen molar-refractivity contribution in [1.29, 1.82) is 0 Å². The number of para-hydroxylation sites is 1. The van der Waals surface area contributed by atoms with Gasteiger partial charge in [0.1, 0.15) is 5.54 Å². The van der Waals surface area contributed by atoms with E-state index in [0.29, 0.717) is 25.8 Å². The molecule has 2 aliphatic rings. The fourth-order valence-corrected chi connectivity index (χ4v) is 5.20. The van der Waals surface area contributed by atoms with Crippen LogP contribution >= 0.6 is 0 Å². The minimum absolute atomic E-state index is 0.0379. The largest absolute Gasteiger partial charge is 0.341 e. The van der Waals surface area contributed by atoms with Crippen LogP contribution in [0.3, 0.4) is 0 Å². The van der Waals surface area contributed by atoms with Crippen LogP contribution in [-0.4, -0.2) is 56.6 Å². The first kappa shape index (κ1) is 23.8. The zero-order chi connectivity index (χ0) is 25.1. The summed E-state index contributed by atoms with van der Waals surface area (Å²) in [6, 6.07) is 19.5. The molecule has 3 aromatic rings. The number of rotatable bonds is 8. The zero-order valence-electron chi connectivity index (χ0n) is 20.5. The van der Waals surface area contributed by atoms with Crippen molar-refractivity contribution in [2.24, 2.45) is 0 Å².